The van der Waals surface area contributed by atoms with Crippen LogP contribution in [0.4, 0.5) is 0 Å². The van der Waals surface area contributed by atoms with Gasteiger partial charge >= 0.3 is 0 Å². The second-order valence-electron chi connectivity index (χ2n) is 3.06. The maximum absolute atomic E-state index is 5.59. The van der Waals surface area contributed by atoms with Crippen molar-refractivity contribution < 1.29 is 0 Å². The van der Waals surface area contributed by atoms with Crippen molar-refractivity contribution >= 4 is 40.9 Å². The van der Waals surface area contributed by atoms with Crippen molar-refractivity contribution in [3.8, 4) is 0 Å². The molecule has 0 aliphatic carbocycles. The molecule has 0 amide bonds. The van der Waals surface area contributed by atoms with Crippen molar-refractivity contribution in [2.75, 3.05) is 0 Å². The molecule has 18 heavy (non-hydrogen) atoms. The standard InChI is InChI=1S/C7H5Cl3.C5H5N3/c8-7(9,10)6-4-2-1-3-5-6;1-2-5-7-3-6-4-8-5/h1-5H;2-4H,1H2. The molecule has 0 radical (unpaired) electrons. The van der Waals surface area contributed by atoms with Gasteiger partial charge in [0.05, 0.1) is 0 Å². The maximum atomic E-state index is 5.59. The molecule has 1 aromatic carbocycles. The Morgan fingerprint density at radius 3 is 1.89 bits per heavy atom. The van der Waals surface area contributed by atoms with Crippen molar-refractivity contribution in [1.29, 1.82) is 0 Å². The van der Waals surface area contributed by atoms with E-state index in [1.165, 1.54) is 12.7 Å². The van der Waals surface area contributed by atoms with Crippen LogP contribution < -0.4 is 0 Å². The van der Waals surface area contributed by atoms with E-state index in [-0.39, 0.29) is 0 Å². The Morgan fingerprint density at radius 2 is 1.56 bits per heavy atom. The first-order chi connectivity index (χ1) is 8.54. The zero-order chi connectivity index (χ0) is 13.4. The molecule has 0 bridgehead atoms. The minimum absolute atomic E-state index is 0.611. The van der Waals surface area contributed by atoms with Crippen LogP contribution in [0.1, 0.15) is 11.4 Å². The van der Waals surface area contributed by atoms with Gasteiger partial charge in [0, 0.05) is 5.56 Å². The highest BCUT2D eigenvalue weighted by Crippen LogP contribution is 2.37. The van der Waals surface area contributed by atoms with Crippen LogP contribution >= 0.6 is 34.8 Å². The van der Waals surface area contributed by atoms with E-state index in [1.807, 2.05) is 18.2 Å². The van der Waals surface area contributed by atoms with Gasteiger partial charge in [-0.3, -0.25) is 0 Å². The monoisotopic (exact) mass is 301 g/mol. The minimum atomic E-state index is -1.29. The molecule has 0 fully saturated rings. The molecular weight excluding hydrogens is 293 g/mol. The van der Waals surface area contributed by atoms with Gasteiger partial charge in [0.1, 0.15) is 12.7 Å². The van der Waals surface area contributed by atoms with Gasteiger partial charge in [0.2, 0.25) is 3.79 Å². The van der Waals surface area contributed by atoms with Gasteiger partial charge in [-0.05, 0) is 6.08 Å². The molecule has 0 aliphatic rings. The molecule has 0 atom stereocenters. The number of nitrogens with zero attached hydrogens (tertiary/aromatic N) is 3. The highest BCUT2D eigenvalue weighted by molar-refractivity contribution is 6.66. The first-order valence-corrected chi connectivity index (χ1v) is 6.04. The van der Waals surface area contributed by atoms with Crippen molar-refractivity contribution in [1.82, 2.24) is 15.0 Å². The Balaban J connectivity index is 0.000000184. The smallest absolute Gasteiger partial charge is 0.216 e. The lowest BCUT2D eigenvalue weighted by Gasteiger charge is -2.09. The van der Waals surface area contributed by atoms with E-state index in [9.17, 15) is 0 Å². The summed E-state index contributed by atoms with van der Waals surface area (Å²) >= 11 is 16.8. The van der Waals surface area contributed by atoms with Crippen LogP contribution in [0.3, 0.4) is 0 Å². The minimum Gasteiger partial charge on any atom is -0.225 e. The molecule has 0 N–H and O–H groups in total. The van der Waals surface area contributed by atoms with Gasteiger partial charge in [-0.25, -0.2) is 15.0 Å². The van der Waals surface area contributed by atoms with Gasteiger partial charge < -0.3 is 0 Å². The van der Waals surface area contributed by atoms with Crippen LogP contribution in [0.15, 0.2) is 49.6 Å². The first-order valence-electron chi connectivity index (χ1n) is 4.90. The molecular formula is C12H10Cl3N3. The van der Waals surface area contributed by atoms with Crippen LogP contribution in [0, 0.1) is 0 Å². The Morgan fingerprint density at radius 1 is 1.00 bits per heavy atom. The number of rotatable bonds is 1. The average molecular weight is 303 g/mol. The fourth-order valence-electron chi connectivity index (χ4n) is 0.981. The number of halogens is 3. The van der Waals surface area contributed by atoms with Crippen molar-refractivity contribution in [3.63, 3.8) is 0 Å². The summed E-state index contributed by atoms with van der Waals surface area (Å²) in [5.74, 6) is 0.611. The molecule has 0 aliphatic heterocycles. The van der Waals surface area contributed by atoms with E-state index in [2.05, 4.69) is 21.5 Å². The third-order valence-corrected chi connectivity index (χ3v) is 2.45. The number of aromatic nitrogens is 3. The third-order valence-electron chi connectivity index (χ3n) is 1.80. The van der Waals surface area contributed by atoms with Crippen LogP contribution in [0.5, 0.6) is 0 Å². The SMILES string of the molecule is C=Cc1ncncn1.ClC(Cl)(Cl)c1ccccc1. The third kappa shape index (κ3) is 5.45. The summed E-state index contributed by atoms with van der Waals surface area (Å²) in [6.07, 6.45) is 4.44. The predicted molar refractivity (Wildman–Crippen MR) is 75.6 cm³/mol. The summed E-state index contributed by atoms with van der Waals surface area (Å²) in [6.45, 7) is 3.48. The number of hydrogen-bond acceptors (Lipinski definition) is 3. The van der Waals surface area contributed by atoms with Gasteiger partial charge in [0.15, 0.2) is 5.82 Å². The maximum Gasteiger partial charge on any atom is 0.216 e. The van der Waals surface area contributed by atoms with Crippen LogP contribution in [0.25, 0.3) is 6.08 Å². The Kier molecular flexibility index (Phi) is 6.05. The Bertz CT molecular complexity index is 469. The highest BCUT2D eigenvalue weighted by Gasteiger charge is 2.21. The van der Waals surface area contributed by atoms with E-state index in [1.54, 1.807) is 18.2 Å². The normalized spacial score (nSPS) is 10.2. The highest BCUT2D eigenvalue weighted by atomic mass is 35.6. The van der Waals surface area contributed by atoms with Crippen LogP contribution in [-0.2, 0) is 3.79 Å². The predicted octanol–water partition coefficient (Wildman–Crippen LogP) is 4.03. The lowest BCUT2D eigenvalue weighted by Crippen LogP contribution is -1.98. The molecule has 2 rings (SSSR count). The van der Waals surface area contributed by atoms with E-state index in [4.69, 9.17) is 34.8 Å². The molecule has 94 valence electrons. The second kappa shape index (κ2) is 7.31. The number of benzene rings is 1. The van der Waals surface area contributed by atoms with Gasteiger partial charge in [-0.1, -0.05) is 71.7 Å². The van der Waals surface area contributed by atoms with Crippen LogP contribution in [-0.4, -0.2) is 15.0 Å². The van der Waals surface area contributed by atoms with Gasteiger partial charge in [-0.15, -0.1) is 0 Å². The molecule has 1 heterocycles. The molecule has 6 heteroatoms. The van der Waals surface area contributed by atoms with Crippen molar-refractivity contribution in [2.24, 2.45) is 0 Å². The van der Waals surface area contributed by atoms with E-state index in [0.29, 0.717) is 11.4 Å². The summed E-state index contributed by atoms with van der Waals surface area (Å²) < 4.78 is -1.29. The van der Waals surface area contributed by atoms with E-state index in [0.717, 1.165) is 0 Å². The van der Waals surface area contributed by atoms with Crippen LogP contribution in [0.2, 0.25) is 0 Å². The van der Waals surface area contributed by atoms with E-state index >= 15 is 0 Å². The molecule has 3 nitrogen and oxygen atoms in total. The van der Waals surface area contributed by atoms with Crippen molar-refractivity contribution in [2.45, 2.75) is 3.79 Å². The number of hydrogen-bond donors (Lipinski definition) is 0. The lowest BCUT2D eigenvalue weighted by atomic mass is 10.2. The molecule has 1 aromatic heterocycles. The molecule has 0 unspecified atom stereocenters. The Labute approximate surface area is 120 Å². The van der Waals surface area contributed by atoms with Gasteiger partial charge in [0.25, 0.3) is 0 Å². The summed E-state index contributed by atoms with van der Waals surface area (Å²) in [5, 5.41) is 0. The molecule has 2 aromatic rings. The number of alkyl halides is 3. The average Bonchev–Trinajstić information content (AvgIpc) is 2.40. The first kappa shape index (κ1) is 14.9. The topological polar surface area (TPSA) is 38.7 Å². The largest absolute Gasteiger partial charge is 0.225 e. The zero-order valence-corrected chi connectivity index (χ0v) is 11.6. The Hall–Kier alpha value is -1.16. The summed E-state index contributed by atoms with van der Waals surface area (Å²) in [4.78, 5) is 11.1. The fraction of sp³-hybridized carbons (Fsp3) is 0.0833. The lowest BCUT2D eigenvalue weighted by molar-refractivity contribution is 1.03. The summed E-state index contributed by atoms with van der Waals surface area (Å²) in [6, 6.07) is 9.08. The summed E-state index contributed by atoms with van der Waals surface area (Å²) in [5.41, 5.74) is 0.694. The molecule has 0 spiro atoms. The second-order valence-corrected chi connectivity index (χ2v) is 5.35. The van der Waals surface area contributed by atoms with Gasteiger partial charge in [-0.2, -0.15) is 0 Å². The van der Waals surface area contributed by atoms with Crippen molar-refractivity contribution in [3.05, 3.63) is 61.0 Å². The fourth-order valence-corrected chi connectivity index (χ4v) is 1.36. The molecule has 0 saturated carbocycles. The van der Waals surface area contributed by atoms with E-state index < -0.39 is 3.79 Å². The zero-order valence-electron chi connectivity index (χ0n) is 9.30. The molecule has 0 saturated heterocycles. The summed E-state index contributed by atoms with van der Waals surface area (Å²) in [7, 11) is 0. The quantitative estimate of drug-likeness (QED) is 0.747.